The number of amides is 2. The lowest BCUT2D eigenvalue weighted by molar-refractivity contribution is 0.0388. The lowest BCUT2D eigenvalue weighted by Gasteiger charge is -2.26. The predicted molar refractivity (Wildman–Crippen MR) is 106 cm³/mol. The highest BCUT2D eigenvalue weighted by atomic mass is 16.5. The molecule has 6 heteroatoms. The summed E-state index contributed by atoms with van der Waals surface area (Å²) in [7, 11) is 0. The lowest BCUT2D eigenvalue weighted by atomic mass is 10.2. The largest absolute Gasteiger partial charge is 0.487 e. The van der Waals surface area contributed by atoms with Crippen molar-refractivity contribution in [1.82, 2.24) is 10.2 Å². The molecule has 27 heavy (non-hydrogen) atoms. The van der Waals surface area contributed by atoms with Crippen molar-refractivity contribution in [2.45, 2.75) is 13.5 Å². The molecule has 0 saturated carbocycles. The molecule has 1 aliphatic rings. The van der Waals surface area contributed by atoms with Gasteiger partial charge in [0.25, 0.3) is 0 Å². The van der Waals surface area contributed by atoms with Gasteiger partial charge in [0.05, 0.1) is 18.9 Å². The number of rotatable bonds is 7. The standard InChI is InChI=1S/C21H27N3O3/c1-17-7-8-19(20(15-17)27-16-18-5-3-2-4-6-18)23-21(25)22-9-10-24-11-13-26-14-12-24/h2-8,15H,9-14,16H2,1H3,(H2,22,23,25). The van der Waals surface area contributed by atoms with Crippen LogP contribution in [0, 0.1) is 6.92 Å². The van der Waals surface area contributed by atoms with Crippen LogP contribution in [0.2, 0.25) is 0 Å². The van der Waals surface area contributed by atoms with Crippen molar-refractivity contribution in [1.29, 1.82) is 0 Å². The zero-order valence-electron chi connectivity index (χ0n) is 15.7. The number of aryl methyl sites for hydroxylation is 1. The van der Waals surface area contributed by atoms with Gasteiger partial charge in [0.2, 0.25) is 0 Å². The van der Waals surface area contributed by atoms with E-state index in [1.54, 1.807) is 0 Å². The normalized spacial score (nSPS) is 14.6. The summed E-state index contributed by atoms with van der Waals surface area (Å²) in [5.41, 5.74) is 2.83. The van der Waals surface area contributed by atoms with E-state index in [9.17, 15) is 4.79 Å². The van der Waals surface area contributed by atoms with Gasteiger partial charge in [-0.25, -0.2) is 4.79 Å². The van der Waals surface area contributed by atoms with Crippen LogP contribution in [0.4, 0.5) is 10.5 Å². The minimum atomic E-state index is -0.225. The molecule has 6 nitrogen and oxygen atoms in total. The molecule has 0 spiro atoms. The number of ether oxygens (including phenoxy) is 2. The van der Waals surface area contributed by atoms with E-state index in [0.29, 0.717) is 24.6 Å². The van der Waals surface area contributed by atoms with Crippen LogP contribution in [-0.2, 0) is 11.3 Å². The van der Waals surface area contributed by atoms with Crippen LogP contribution in [0.1, 0.15) is 11.1 Å². The minimum Gasteiger partial charge on any atom is -0.487 e. The van der Waals surface area contributed by atoms with Gasteiger partial charge in [-0.2, -0.15) is 0 Å². The quantitative estimate of drug-likeness (QED) is 0.788. The highest BCUT2D eigenvalue weighted by Gasteiger charge is 2.11. The average molecular weight is 369 g/mol. The molecule has 2 aromatic rings. The monoisotopic (exact) mass is 369 g/mol. The molecule has 1 aliphatic heterocycles. The first-order chi connectivity index (χ1) is 13.2. The summed E-state index contributed by atoms with van der Waals surface area (Å²) in [6.07, 6.45) is 0. The molecule has 2 N–H and O–H groups in total. The number of nitrogens with zero attached hydrogens (tertiary/aromatic N) is 1. The van der Waals surface area contributed by atoms with E-state index in [0.717, 1.165) is 44.0 Å². The summed E-state index contributed by atoms with van der Waals surface area (Å²) in [6, 6.07) is 15.5. The van der Waals surface area contributed by atoms with Gasteiger partial charge in [-0.15, -0.1) is 0 Å². The van der Waals surface area contributed by atoms with Gasteiger partial charge in [0.15, 0.2) is 0 Å². The maximum Gasteiger partial charge on any atom is 0.319 e. The summed E-state index contributed by atoms with van der Waals surface area (Å²) in [4.78, 5) is 14.5. The van der Waals surface area contributed by atoms with Crippen molar-refractivity contribution >= 4 is 11.7 Å². The van der Waals surface area contributed by atoms with Crippen molar-refractivity contribution < 1.29 is 14.3 Å². The highest BCUT2D eigenvalue weighted by molar-refractivity contribution is 5.90. The van der Waals surface area contributed by atoms with Gasteiger partial charge in [0.1, 0.15) is 12.4 Å². The molecular formula is C21H27N3O3. The topological polar surface area (TPSA) is 62.8 Å². The Kier molecular flexibility index (Phi) is 7.07. The van der Waals surface area contributed by atoms with E-state index in [4.69, 9.17) is 9.47 Å². The maximum absolute atomic E-state index is 12.2. The van der Waals surface area contributed by atoms with E-state index in [2.05, 4.69) is 15.5 Å². The molecule has 2 aromatic carbocycles. The number of hydrogen-bond acceptors (Lipinski definition) is 4. The maximum atomic E-state index is 12.2. The zero-order valence-corrected chi connectivity index (χ0v) is 15.7. The van der Waals surface area contributed by atoms with Crippen molar-refractivity contribution in [3.8, 4) is 5.75 Å². The van der Waals surface area contributed by atoms with E-state index >= 15 is 0 Å². The number of hydrogen-bond donors (Lipinski definition) is 2. The smallest absolute Gasteiger partial charge is 0.319 e. The summed E-state index contributed by atoms with van der Waals surface area (Å²) < 4.78 is 11.3. The lowest BCUT2D eigenvalue weighted by Crippen LogP contribution is -2.42. The molecule has 144 valence electrons. The zero-order chi connectivity index (χ0) is 18.9. The van der Waals surface area contributed by atoms with Crippen LogP contribution in [0.5, 0.6) is 5.75 Å². The first kappa shape index (κ1) is 19.2. The van der Waals surface area contributed by atoms with Crippen LogP contribution in [0.3, 0.4) is 0 Å². The molecule has 0 atom stereocenters. The Morgan fingerprint density at radius 2 is 1.93 bits per heavy atom. The van der Waals surface area contributed by atoms with Crippen molar-refractivity contribution in [2.24, 2.45) is 0 Å². The first-order valence-corrected chi connectivity index (χ1v) is 9.33. The van der Waals surface area contributed by atoms with Gasteiger partial charge in [-0.3, -0.25) is 4.90 Å². The summed E-state index contributed by atoms with van der Waals surface area (Å²) in [6.45, 7) is 7.23. The Hall–Kier alpha value is -2.57. The van der Waals surface area contributed by atoms with Crippen LogP contribution < -0.4 is 15.4 Å². The highest BCUT2D eigenvalue weighted by Crippen LogP contribution is 2.26. The predicted octanol–water partition coefficient (Wildman–Crippen LogP) is 3.03. The SMILES string of the molecule is Cc1ccc(NC(=O)NCCN2CCOCC2)c(OCc2ccccc2)c1. The number of nitrogens with one attached hydrogen (secondary N) is 2. The van der Waals surface area contributed by atoms with Gasteiger partial charge in [-0.1, -0.05) is 36.4 Å². The van der Waals surface area contributed by atoms with Gasteiger partial charge < -0.3 is 20.1 Å². The van der Waals surface area contributed by atoms with Crippen LogP contribution in [0.25, 0.3) is 0 Å². The molecule has 1 saturated heterocycles. The number of urea groups is 1. The average Bonchev–Trinajstić information content (AvgIpc) is 2.70. The van der Waals surface area contributed by atoms with Crippen LogP contribution in [0.15, 0.2) is 48.5 Å². The van der Waals surface area contributed by atoms with E-state index in [1.807, 2.05) is 55.5 Å². The molecule has 1 heterocycles. The Balaban J connectivity index is 1.51. The fourth-order valence-corrected chi connectivity index (χ4v) is 2.91. The molecule has 0 aromatic heterocycles. The fraction of sp³-hybridized carbons (Fsp3) is 0.381. The third-order valence-electron chi connectivity index (χ3n) is 4.44. The Bertz CT molecular complexity index is 731. The van der Waals surface area contributed by atoms with Crippen molar-refractivity contribution in [2.75, 3.05) is 44.7 Å². The number of anilines is 1. The second-order valence-electron chi connectivity index (χ2n) is 6.61. The number of carbonyl (C=O) groups excluding carboxylic acids is 1. The van der Waals surface area contributed by atoms with E-state index in [1.165, 1.54) is 0 Å². The minimum absolute atomic E-state index is 0.225. The fourth-order valence-electron chi connectivity index (χ4n) is 2.91. The molecule has 0 bridgehead atoms. The third kappa shape index (κ3) is 6.27. The Morgan fingerprint density at radius 1 is 1.15 bits per heavy atom. The molecule has 3 rings (SSSR count). The Morgan fingerprint density at radius 3 is 2.70 bits per heavy atom. The molecule has 1 fully saturated rings. The van der Waals surface area contributed by atoms with Crippen LogP contribution >= 0.6 is 0 Å². The molecule has 2 amide bonds. The summed E-state index contributed by atoms with van der Waals surface area (Å²) >= 11 is 0. The molecule has 0 radical (unpaired) electrons. The van der Waals surface area contributed by atoms with Crippen molar-refractivity contribution in [3.63, 3.8) is 0 Å². The molecular weight excluding hydrogens is 342 g/mol. The van der Waals surface area contributed by atoms with Gasteiger partial charge >= 0.3 is 6.03 Å². The number of carbonyl (C=O) groups is 1. The summed E-state index contributed by atoms with van der Waals surface area (Å²) in [5.74, 6) is 0.669. The summed E-state index contributed by atoms with van der Waals surface area (Å²) in [5, 5.41) is 5.80. The third-order valence-corrected chi connectivity index (χ3v) is 4.44. The molecule has 0 aliphatic carbocycles. The van der Waals surface area contributed by atoms with E-state index in [-0.39, 0.29) is 6.03 Å². The second kappa shape index (κ2) is 9.94. The van der Waals surface area contributed by atoms with E-state index < -0.39 is 0 Å². The second-order valence-corrected chi connectivity index (χ2v) is 6.61. The first-order valence-electron chi connectivity index (χ1n) is 9.33. The van der Waals surface area contributed by atoms with Crippen molar-refractivity contribution in [3.05, 3.63) is 59.7 Å². The number of morpholine rings is 1. The number of benzene rings is 2. The molecule has 0 unspecified atom stereocenters. The van der Waals surface area contributed by atoms with Gasteiger partial charge in [0, 0.05) is 26.2 Å². The van der Waals surface area contributed by atoms with Crippen LogP contribution in [-0.4, -0.2) is 50.3 Å². The Labute approximate surface area is 160 Å². The van der Waals surface area contributed by atoms with Gasteiger partial charge in [-0.05, 0) is 30.2 Å².